The molecule has 230 valence electrons. The number of amides is 4. The number of hydrogen-bond acceptors (Lipinski definition) is 8. The Morgan fingerprint density at radius 1 is 0.689 bits per heavy atom. The number of barbiturate groups is 1. The lowest BCUT2D eigenvalue weighted by atomic mass is 10.1. The van der Waals surface area contributed by atoms with Crippen molar-refractivity contribution in [1.82, 2.24) is 5.32 Å². The summed E-state index contributed by atoms with van der Waals surface area (Å²) in [5.41, 5.74) is 2.48. The second kappa shape index (κ2) is 14.1. The Bertz CT molecular complexity index is 1720. The molecule has 4 aromatic carbocycles. The minimum atomic E-state index is -0.833. The number of urea groups is 1. The summed E-state index contributed by atoms with van der Waals surface area (Å²) in [5, 5.41) is 2.23. The van der Waals surface area contributed by atoms with Crippen LogP contribution in [0, 0.1) is 0 Å². The van der Waals surface area contributed by atoms with Crippen molar-refractivity contribution < 1.29 is 38.1 Å². The minimum Gasteiger partial charge on any atom is -0.494 e. The Morgan fingerprint density at radius 2 is 1.33 bits per heavy atom. The van der Waals surface area contributed by atoms with Gasteiger partial charge in [0, 0.05) is 0 Å². The number of hydrogen-bond donors (Lipinski definition) is 1. The zero-order chi connectivity index (χ0) is 31.8. The summed E-state index contributed by atoms with van der Waals surface area (Å²) in [5.74, 6) is 1.08. The van der Waals surface area contributed by atoms with Crippen LogP contribution in [0.2, 0.25) is 0 Å². The van der Waals surface area contributed by atoms with E-state index in [1.165, 1.54) is 13.2 Å². The van der Waals surface area contributed by atoms with E-state index in [4.69, 9.17) is 23.7 Å². The van der Waals surface area contributed by atoms with Crippen molar-refractivity contribution in [2.45, 2.75) is 20.1 Å². The van der Waals surface area contributed by atoms with E-state index in [1.807, 2.05) is 55.5 Å². The molecule has 5 rings (SSSR count). The summed E-state index contributed by atoms with van der Waals surface area (Å²) in [7, 11) is 3.07. The van der Waals surface area contributed by atoms with E-state index >= 15 is 0 Å². The summed E-state index contributed by atoms with van der Waals surface area (Å²) >= 11 is 0. The third kappa shape index (κ3) is 7.24. The van der Waals surface area contributed by atoms with Gasteiger partial charge >= 0.3 is 6.03 Å². The topological polar surface area (TPSA) is 113 Å². The Balaban J connectivity index is 1.29. The summed E-state index contributed by atoms with van der Waals surface area (Å²) in [6.07, 6.45) is 1.40. The van der Waals surface area contributed by atoms with Crippen molar-refractivity contribution in [1.29, 1.82) is 0 Å². The molecule has 4 aromatic rings. The number of carbonyl (C=O) groups excluding carboxylic acids is 3. The van der Waals surface area contributed by atoms with E-state index in [-0.39, 0.29) is 12.2 Å². The van der Waals surface area contributed by atoms with E-state index in [2.05, 4.69) is 5.32 Å². The standard InChI is InChI=1S/C35H32N2O8/c1-4-43-27-14-12-26(13-15-27)37-34(39)28(33(38)36-35(37)40)18-24-10-16-29(31(19-24)41-2)45-22-25-11-17-30(32(20-25)42-3)44-21-23-8-6-5-7-9-23/h5-20H,4,21-22H2,1-3H3,(H,36,38,40)/b28-18+. The Morgan fingerprint density at radius 3 is 2.00 bits per heavy atom. The fraction of sp³-hybridized carbons (Fsp3) is 0.171. The molecular formula is C35H32N2O8. The van der Waals surface area contributed by atoms with Gasteiger partial charge in [-0.25, -0.2) is 9.69 Å². The number of imide groups is 2. The van der Waals surface area contributed by atoms with Crippen LogP contribution in [0.25, 0.3) is 6.08 Å². The molecule has 0 spiro atoms. The van der Waals surface area contributed by atoms with Gasteiger partial charge in [-0.05, 0) is 78.2 Å². The van der Waals surface area contributed by atoms with Gasteiger partial charge in [0.05, 0.1) is 26.5 Å². The summed E-state index contributed by atoms with van der Waals surface area (Å²) < 4.78 is 28.5. The summed E-state index contributed by atoms with van der Waals surface area (Å²) in [4.78, 5) is 39.4. The van der Waals surface area contributed by atoms with Crippen molar-refractivity contribution in [2.24, 2.45) is 0 Å². The zero-order valence-electron chi connectivity index (χ0n) is 25.1. The summed E-state index contributed by atoms with van der Waals surface area (Å²) in [6.45, 7) is 2.96. The van der Waals surface area contributed by atoms with Crippen LogP contribution in [-0.2, 0) is 22.8 Å². The Kier molecular flexibility index (Phi) is 9.64. The molecule has 1 fully saturated rings. The Labute approximate surface area is 260 Å². The fourth-order valence-corrected chi connectivity index (χ4v) is 4.63. The predicted molar refractivity (Wildman–Crippen MR) is 168 cm³/mol. The van der Waals surface area contributed by atoms with Gasteiger partial charge in [0.15, 0.2) is 23.0 Å². The van der Waals surface area contributed by atoms with Gasteiger partial charge in [-0.3, -0.25) is 14.9 Å². The van der Waals surface area contributed by atoms with Crippen LogP contribution in [0.5, 0.6) is 28.7 Å². The third-order valence-electron chi connectivity index (χ3n) is 6.87. The molecule has 0 radical (unpaired) electrons. The molecule has 0 atom stereocenters. The highest BCUT2D eigenvalue weighted by Gasteiger charge is 2.36. The number of benzene rings is 4. The largest absolute Gasteiger partial charge is 0.494 e. The van der Waals surface area contributed by atoms with Crippen molar-refractivity contribution in [3.05, 3.63) is 113 Å². The van der Waals surface area contributed by atoms with Crippen molar-refractivity contribution in [3.63, 3.8) is 0 Å². The van der Waals surface area contributed by atoms with Crippen LogP contribution >= 0.6 is 0 Å². The number of methoxy groups -OCH3 is 2. The monoisotopic (exact) mass is 608 g/mol. The summed E-state index contributed by atoms with van der Waals surface area (Å²) in [6, 6.07) is 26.0. The fourth-order valence-electron chi connectivity index (χ4n) is 4.63. The van der Waals surface area contributed by atoms with Crippen molar-refractivity contribution in [3.8, 4) is 28.7 Å². The van der Waals surface area contributed by atoms with Gasteiger partial charge in [-0.1, -0.05) is 42.5 Å². The van der Waals surface area contributed by atoms with Crippen molar-refractivity contribution >= 4 is 29.6 Å². The molecule has 1 aliphatic rings. The van der Waals surface area contributed by atoms with Gasteiger partial charge in [0.25, 0.3) is 11.8 Å². The van der Waals surface area contributed by atoms with Gasteiger partial charge in [0.2, 0.25) is 0 Å². The molecular weight excluding hydrogens is 576 g/mol. The number of nitrogens with zero attached hydrogens (tertiary/aromatic N) is 1. The second-order valence-corrected chi connectivity index (χ2v) is 9.84. The molecule has 1 heterocycles. The first-order valence-corrected chi connectivity index (χ1v) is 14.2. The van der Waals surface area contributed by atoms with E-state index in [0.717, 1.165) is 16.0 Å². The number of rotatable bonds is 12. The molecule has 1 aliphatic heterocycles. The van der Waals surface area contributed by atoms with Gasteiger partial charge in [-0.2, -0.15) is 0 Å². The first kappa shape index (κ1) is 30.7. The highest BCUT2D eigenvalue weighted by molar-refractivity contribution is 6.39. The first-order chi connectivity index (χ1) is 21.9. The van der Waals surface area contributed by atoms with Gasteiger partial charge in [0.1, 0.15) is 24.5 Å². The van der Waals surface area contributed by atoms with Crippen LogP contribution in [-0.4, -0.2) is 38.7 Å². The normalized spacial score (nSPS) is 13.8. The number of carbonyl (C=O) groups is 3. The van der Waals surface area contributed by atoms with Crippen LogP contribution in [0.3, 0.4) is 0 Å². The Hall–Kier alpha value is -5.77. The lowest BCUT2D eigenvalue weighted by Crippen LogP contribution is -2.54. The maximum absolute atomic E-state index is 13.3. The van der Waals surface area contributed by atoms with Gasteiger partial charge in [-0.15, -0.1) is 0 Å². The van der Waals surface area contributed by atoms with Crippen molar-refractivity contribution in [2.75, 3.05) is 25.7 Å². The third-order valence-corrected chi connectivity index (χ3v) is 6.87. The van der Waals surface area contributed by atoms with Crippen LogP contribution < -0.4 is 33.9 Å². The molecule has 4 amide bonds. The molecule has 10 heteroatoms. The zero-order valence-corrected chi connectivity index (χ0v) is 25.1. The molecule has 10 nitrogen and oxygen atoms in total. The molecule has 0 bridgehead atoms. The molecule has 1 saturated heterocycles. The highest BCUT2D eigenvalue weighted by atomic mass is 16.5. The SMILES string of the molecule is CCOc1ccc(N2C(=O)NC(=O)/C(=C\c3ccc(OCc4ccc(OCc5ccccc5)c(OC)c4)c(OC)c3)C2=O)cc1. The van der Waals surface area contributed by atoms with Crippen LogP contribution in [0.15, 0.2) is 96.6 Å². The highest BCUT2D eigenvalue weighted by Crippen LogP contribution is 2.33. The number of nitrogens with one attached hydrogen (secondary N) is 1. The lowest BCUT2D eigenvalue weighted by Gasteiger charge is -2.26. The first-order valence-electron chi connectivity index (χ1n) is 14.2. The van der Waals surface area contributed by atoms with Gasteiger partial charge < -0.3 is 23.7 Å². The number of ether oxygens (including phenoxy) is 5. The second-order valence-electron chi connectivity index (χ2n) is 9.84. The molecule has 0 aromatic heterocycles. The van der Waals surface area contributed by atoms with E-state index in [1.54, 1.807) is 49.6 Å². The maximum Gasteiger partial charge on any atom is 0.335 e. The lowest BCUT2D eigenvalue weighted by molar-refractivity contribution is -0.122. The quantitative estimate of drug-likeness (QED) is 0.156. The maximum atomic E-state index is 13.3. The van der Waals surface area contributed by atoms with E-state index in [0.29, 0.717) is 53.2 Å². The molecule has 1 N–H and O–H groups in total. The smallest absolute Gasteiger partial charge is 0.335 e. The number of anilines is 1. The average molecular weight is 609 g/mol. The molecule has 45 heavy (non-hydrogen) atoms. The minimum absolute atomic E-state index is 0.208. The average Bonchev–Trinajstić information content (AvgIpc) is 3.06. The predicted octanol–water partition coefficient (Wildman–Crippen LogP) is 5.93. The van der Waals surface area contributed by atoms with E-state index in [9.17, 15) is 14.4 Å². The molecule has 0 saturated carbocycles. The van der Waals surface area contributed by atoms with Crippen LogP contribution in [0.1, 0.15) is 23.6 Å². The van der Waals surface area contributed by atoms with Crippen LogP contribution in [0.4, 0.5) is 10.5 Å². The molecule has 0 unspecified atom stereocenters. The molecule has 0 aliphatic carbocycles. The van der Waals surface area contributed by atoms with E-state index < -0.39 is 17.8 Å².